The first-order chi connectivity index (χ1) is 17.7. The van der Waals surface area contributed by atoms with E-state index in [1.165, 1.54) is 22.3 Å². The van der Waals surface area contributed by atoms with E-state index in [-0.39, 0.29) is 18.8 Å². The Morgan fingerprint density at radius 3 is 2.44 bits per heavy atom. The van der Waals surface area contributed by atoms with Crippen LogP contribution in [0.5, 0.6) is 28.7 Å². The Balaban J connectivity index is 1.36. The molecule has 7 heteroatoms. The fraction of sp³-hybridized carbons (Fsp3) is 0.379. The average molecular weight is 490 g/mol. The maximum Gasteiger partial charge on any atom is 0.231 e. The lowest BCUT2D eigenvalue weighted by molar-refractivity contribution is 0.0517. The van der Waals surface area contributed by atoms with Gasteiger partial charge in [0.25, 0.3) is 0 Å². The van der Waals surface area contributed by atoms with Crippen molar-refractivity contribution in [2.24, 2.45) is 0 Å². The predicted octanol–water partition coefficient (Wildman–Crippen LogP) is 4.85. The van der Waals surface area contributed by atoms with Crippen molar-refractivity contribution >= 4 is 0 Å². The number of benzene rings is 3. The summed E-state index contributed by atoms with van der Waals surface area (Å²) in [5.41, 5.74) is 6.15. The van der Waals surface area contributed by atoms with Crippen LogP contribution in [-0.2, 0) is 24.3 Å². The molecule has 0 spiro atoms. The molecule has 188 valence electrons. The monoisotopic (exact) mass is 489 g/mol. The fourth-order valence-electron chi connectivity index (χ4n) is 5.84. The summed E-state index contributed by atoms with van der Waals surface area (Å²) < 4.78 is 34.6. The van der Waals surface area contributed by atoms with Gasteiger partial charge < -0.3 is 28.4 Å². The molecule has 0 aromatic heterocycles. The van der Waals surface area contributed by atoms with Crippen LogP contribution in [0.1, 0.15) is 39.8 Å². The van der Waals surface area contributed by atoms with E-state index < -0.39 is 0 Å². The molecule has 3 aromatic carbocycles. The van der Waals surface area contributed by atoms with Gasteiger partial charge in [-0.3, -0.25) is 4.90 Å². The van der Waals surface area contributed by atoms with Crippen molar-refractivity contribution in [1.82, 2.24) is 4.90 Å². The molecule has 0 amide bonds. The zero-order chi connectivity index (χ0) is 24.6. The summed E-state index contributed by atoms with van der Waals surface area (Å²) in [5, 5.41) is 0. The van der Waals surface area contributed by atoms with Crippen molar-refractivity contribution in [3.05, 3.63) is 76.3 Å². The minimum Gasteiger partial charge on any atom is -0.497 e. The highest BCUT2D eigenvalue weighted by molar-refractivity contribution is 5.56. The molecule has 2 unspecified atom stereocenters. The molecule has 0 fully saturated rings. The van der Waals surface area contributed by atoms with Crippen molar-refractivity contribution in [1.29, 1.82) is 0 Å². The average Bonchev–Trinajstić information content (AvgIpc) is 3.38. The SMILES string of the molecule is COc1ccc(COCC2c3ccc(OC)c(OC)c3CN3CCc4cc5c(cc4C23)OCO5)cc1. The van der Waals surface area contributed by atoms with Gasteiger partial charge in [-0.1, -0.05) is 18.2 Å². The van der Waals surface area contributed by atoms with Crippen LogP contribution < -0.4 is 23.7 Å². The first kappa shape index (κ1) is 23.0. The molecule has 0 aliphatic carbocycles. The smallest absolute Gasteiger partial charge is 0.231 e. The van der Waals surface area contributed by atoms with E-state index in [2.05, 4.69) is 23.1 Å². The van der Waals surface area contributed by atoms with Crippen LogP contribution in [0.2, 0.25) is 0 Å². The first-order valence-corrected chi connectivity index (χ1v) is 12.3. The lowest BCUT2D eigenvalue weighted by Crippen LogP contribution is -2.43. The Labute approximate surface area is 211 Å². The number of hydrogen-bond donors (Lipinski definition) is 0. The van der Waals surface area contributed by atoms with Gasteiger partial charge in [-0.15, -0.1) is 0 Å². The molecule has 3 aliphatic heterocycles. The molecule has 36 heavy (non-hydrogen) atoms. The normalized spacial score (nSPS) is 19.8. The lowest BCUT2D eigenvalue weighted by Gasteiger charge is -2.46. The van der Waals surface area contributed by atoms with E-state index in [0.717, 1.165) is 53.8 Å². The van der Waals surface area contributed by atoms with Crippen molar-refractivity contribution in [2.45, 2.75) is 31.5 Å². The van der Waals surface area contributed by atoms with Gasteiger partial charge in [-0.25, -0.2) is 0 Å². The standard InChI is InChI=1S/C29H31NO6/c1-31-20-6-4-18(5-7-20)15-34-16-24-21-8-9-25(32-2)29(33-3)23(21)14-30-11-10-19-12-26-27(36-17-35-26)13-22(19)28(24)30/h4-9,12-13,24,28H,10-11,14-17H2,1-3H3. The molecule has 0 radical (unpaired) electrons. The first-order valence-electron chi connectivity index (χ1n) is 12.3. The van der Waals surface area contributed by atoms with Crippen LogP contribution in [0.3, 0.4) is 0 Å². The minimum absolute atomic E-state index is 0.117. The molecule has 0 saturated carbocycles. The van der Waals surface area contributed by atoms with Crippen LogP contribution in [-0.4, -0.2) is 46.2 Å². The predicted molar refractivity (Wildman–Crippen MR) is 134 cm³/mol. The summed E-state index contributed by atoms with van der Waals surface area (Å²) in [6.45, 7) is 3.13. The van der Waals surface area contributed by atoms with Crippen LogP contribution in [0, 0.1) is 0 Å². The molecule has 6 rings (SSSR count). The molecule has 0 saturated heterocycles. The Kier molecular flexibility index (Phi) is 6.11. The van der Waals surface area contributed by atoms with Gasteiger partial charge in [-0.05, 0) is 59.0 Å². The molecule has 0 bridgehead atoms. The summed E-state index contributed by atoms with van der Waals surface area (Å²) in [4.78, 5) is 2.54. The second-order valence-corrected chi connectivity index (χ2v) is 9.41. The van der Waals surface area contributed by atoms with E-state index in [4.69, 9.17) is 28.4 Å². The summed E-state index contributed by atoms with van der Waals surface area (Å²) in [6, 6.07) is 16.7. The van der Waals surface area contributed by atoms with Gasteiger partial charge in [-0.2, -0.15) is 0 Å². The minimum atomic E-state index is 0.117. The lowest BCUT2D eigenvalue weighted by atomic mass is 9.76. The summed E-state index contributed by atoms with van der Waals surface area (Å²) in [5.74, 6) is 4.20. The number of fused-ring (bicyclic) bond motifs is 5. The maximum absolute atomic E-state index is 6.38. The van der Waals surface area contributed by atoms with E-state index >= 15 is 0 Å². The Bertz CT molecular complexity index is 1260. The van der Waals surface area contributed by atoms with Crippen molar-refractivity contribution < 1.29 is 28.4 Å². The number of ether oxygens (including phenoxy) is 6. The Morgan fingerprint density at radius 1 is 0.889 bits per heavy atom. The van der Waals surface area contributed by atoms with E-state index in [9.17, 15) is 0 Å². The van der Waals surface area contributed by atoms with Gasteiger partial charge in [0.2, 0.25) is 6.79 Å². The second kappa shape index (κ2) is 9.56. The van der Waals surface area contributed by atoms with Crippen LogP contribution in [0.15, 0.2) is 48.5 Å². The zero-order valence-electron chi connectivity index (χ0n) is 20.9. The third-order valence-corrected chi connectivity index (χ3v) is 7.57. The van der Waals surface area contributed by atoms with Crippen LogP contribution in [0.25, 0.3) is 0 Å². The molecule has 0 N–H and O–H groups in total. The van der Waals surface area contributed by atoms with Gasteiger partial charge in [0.15, 0.2) is 23.0 Å². The van der Waals surface area contributed by atoms with E-state index in [0.29, 0.717) is 13.2 Å². The molecule has 3 aliphatic rings. The third kappa shape index (κ3) is 3.92. The highest BCUT2D eigenvalue weighted by Crippen LogP contribution is 2.51. The van der Waals surface area contributed by atoms with Crippen LogP contribution >= 0.6 is 0 Å². The number of methoxy groups -OCH3 is 3. The molecular formula is C29H31NO6. The molecule has 3 heterocycles. The Hall–Kier alpha value is -3.42. The zero-order valence-corrected chi connectivity index (χ0v) is 20.9. The van der Waals surface area contributed by atoms with Crippen molar-refractivity contribution in [3.63, 3.8) is 0 Å². The summed E-state index contributed by atoms with van der Waals surface area (Å²) >= 11 is 0. The number of rotatable bonds is 7. The number of hydrogen-bond acceptors (Lipinski definition) is 7. The second-order valence-electron chi connectivity index (χ2n) is 9.41. The van der Waals surface area contributed by atoms with Gasteiger partial charge in [0.1, 0.15) is 5.75 Å². The highest BCUT2D eigenvalue weighted by Gasteiger charge is 2.42. The van der Waals surface area contributed by atoms with E-state index in [1.807, 2.05) is 30.3 Å². The Morgan fingerprint density at radius 2 is 1.69 bits per heavy atom. The quantitative estimate of drug-likeness (QED) is 0.470. The van der Waals surface area contributed by atoms with Crippen molar-refractivity contribution in [2.75, 3.05) is 41.3 Å². The van der Waals surface area contributed by atoms with E-state index in [1.54, 1.807) is 21.3 Å². The largest absolute Gasteiger partial charge is 0.497 e. The molecule has 7 nitrogen and oxygen atoms in total. The third-order valence-electron chi connectivity index (χ3n) is 7.57. The number of nitrogens with zero attached hydrogens (tertiary/aromatic N) is 1. The van der Waals surface area contributed by atoms with Crippen LogP contribution in [0.4, 0.5) is 0 Å². The highest BCUT2D eigenvalue weighted by atomic mass is 16.7. The maximum atomic E-state index is 6.38. The van der Waals surface area contributed by atoms with Gasteiger partial charge >= 0.3 is 0 Å². The molecule has 2 atom stereocenters. The van der Waals surface area contributed by atoms with Gasteiger partial charge in [0, 0.05) is 30.6 Å². The van der Waals surface area contributed by atoms with Crippen molar-refractivity contribution in [3.8, 4) is 28.7 Å². The summed E-state index contributed by atoms with van der Waals surface area (Å²) in [7, 11) is 5.08. The molecular weight excluding hydrogens is 458 g/mol. The topological polar surface area (TPSA) is 58.6 Å². The summed E-state index contributed by atoms with van der Waals surface area (Å²) in [6.07, 6.45) is 0.962. The molecule has 3 aromatic rings. The van der Waals surface area contributed by atoms with Gasteiger partial charge in [0.05, 0.1) is 34.5 Å². The fourth-order valence-corrected chi connectivity index (χ4v) is 5.84.